The molecule has 13 heavy (non-hydrogen) atoms. The second-order valence-corrected chi connectivity index (χ2v) is 4.08. The van der Waals surface area contributed by atoms with Gasteiger partial charge in [-0.1, -0.05) is 12.1 Å². The summed E-state index contributed by atoms with van der Waals surface area (Å²) in [7, 11) is -3.55. The molecule has 1 aromatic carbocycles. The molecular formula is C7H5MgNO3S. The molecule has 0 aromatic heterocycles. The zero-order valence-electron chi connectivity index (χ0n) is 6.65. The van der Waals surface area contributed by atoms with Crippen molar-refractivity contribution >= 4 is 39.0 Å². The molecule has 2 radical (unpaired) electrons. The van der Waals surface area contributed by atoms with Gasteiger partial charge in [0.1, 0.15) is 4.90 Å². The summed E-state index contributed by atoms with van der Waals surface area (Å²) in [5, 5.41) is 0. The van der Waals surface area contributed by atoms with Gasteiger partial charge in [-0.05, 0) is 12.1 Å². The fourth-order valence-electron chi connectivity index (χ4n) is 1.12. The Morgan fingerprint density at radius 3 is 2.38 bits per heavy atom. The maximum atomic E-state index is 11.1. The standard InChI is InChI=1S/C7H5NO3S.Mg/c9-7-5-3-1-2-4-6(5)12(10,11)8-7;/h1-4H,(H,8,9);. The van der Waals surface area contributed by atoms with E-state index in [9.17, 15) is 13.2 Å². The predicted molar refractivity (Wildman–Crippen MR) is 46.8 cm³/mol. The smallest absolute Gasteiger partial charge is 0.266 e. The molecule has 0 bridgehead atoms. The van der Waals surface area contributed by atoms with E-state index in [1.807, 2.05) is 4.72 Å². The van der Waals surface area contributed by atoms with Crippen molar-refractivity contribution in [1.29, 1.82) is 0 Å². The van der Waals surface area contributed by atoms with Crippen LogP contribution in [0.2, 0.25) is 0 Å². The van der Waals surface area contributed by atoms with Gasteiger partial charge in [0.05, 0.1) is 5.56 Å². The van der Waals surface area contributed by atoms with Gasteiger partial charge in [-0.3, -0.25) is 4.79 Å². The Hall–Kier alpha value is -0.594. The average molecular weight is 207 g/mol. The van der Waals surface area contributed by atoms with Crippen molar-refractivity contribution in [1.82, 2.24) is 4.72 Å². The molecule has 64 valence electrons. The van der Waals surface area contributed by atoms with Gasteiger partial charge in [-0.2, -0.15) is 0 Å². The number of nitrogens with one attached hydrogen (secondary N) is 1. The van der Waals surface area contributed by atoms with Crippen molar-refractivity contribution in [2.24, 2.45) is 0 Å². The number of carbonyl (C=O) groups excluding carboxylic acids is 1. The number of carbonyl (C=O) groups is 1. The number of hydrogen-bond donors (Lipinski definition) is 1. The number of benzene rings is 1. The van der Waals surface area contributed by atoms with Crippen LogP contribution in [-0.4, -0.2) is 37.4 Å². The molecule has 1 amide bonds. The summed E-state index contributed by atoms with van der Waals surface area (Å²) in [6.07, 6.45) is 0. The molecule has 0 atom stereocenters. The van der Waals surface area contributed by atoms with Crippen LogP contribution in [0.15, 0.2) is 29.2 Å². The van der Waals surface area contributed by atoms with E-state index < -0.39 is 15.9 Å². The highest BCUT2D eigenvalue weighted by Crippen LogP contribution is 2.20. The fraction of sp³-hybridized carbons (Fsp3) is 0. The molecule has 0 unspecified atom stereocenters. The Morgan fingerprint density at radius 1 is 1.15 bits per heavy atom. The Bertz CT molecular complexity index is 455. The first-order valence-electron chi connectivity index (χ1n) is 3.27. The van der Waals surface area contributed by atoms with Crippen molar-refractivity contribution in [3.8, 4) is 0 Å². The summed E-state index contributed by atoms with van der Waals surface area (Å²) >= 11 is 0. The summed E-state index contributed by atoms with van der Waals surface area (Å²) in [5.41, 5.74) is 0.220. The summed E-state index contributed by atoms with van der Waals surface area (Å²) in [6, 6.07) is 6.09. The molecule has 0 saturated heterocycles. The van der Waals surface area contributed by atoms with Gasteiger partial charge in [0, 0.05) is 23.1 Å². The Morgan fingerprint density at radius 2 is 1.77 bits per heavy atom. The van der Waals surface area contributed by atoms with Gasteiger partial charge >= 0.3 is 0 Å². The summed E-state index contributed by atoms with van der Waals surface area (Å²) in [5.74, 6) is -0.550. The van der Waals surface area contributed by atoms with Gasteiger partial charge in [0.15, 0.2) is 0 Å². The maximum Gasteiger partial charge on any atom is 0.266 e. The third kappa shape index (κ3) is 1.56. The van der Waals surface area contributed by atoms with Crippen molar-refractivity contribution < 1.29 is 13.2 Å². The third-order valence-electron chi connectivity index (χ3n) is 1.65. The van der Waals surface area contributed by atoms with Crippen LogP contribution < -0.4 is 4.72 Å². The van der Waals surface area contributed by atoms with Crippen molar-refractivity contribution in [2.75, 3.05) is 0 Å². The minimum atomic E-state index is -3.55. The van der Waals surface area contributed by atoms with Crippen molar-refractivity contribution in [2.45, 2.75) is 4.90 Å². The second kappa shape index (κ2) is 3.28. The van der Waals surface area contributed by atoms with Gasteiger partial charge < -0.3 is 0 Å². The number of fused-ring (bicyclic) bond motifs is 1. The molecule has 1 heterocycles. The van der Waals surface area contributed by atoms with Crippen LogP contribution >= 0.6 is 0 Å². The van der Waals surface area contributed by atoms with Gasteiger partial charge in [0.2, 0.25) is 0 Å². The lowest BCUT2D eigenvalue weighted by atomic mass is 10.2. The lowest BCUT2D eigenvalue weighted by Crippen LogP contribution is -2.20. The predicted octanol–water partition coefficient (Wildman–Crippen LogP) is -0.262. The van der Waals surface area contributed by atoms with Crippen LogP contribution in [-0.2, 0) is 10.0 Å². The first kappa shape index (κ1) is 10.5. The molecule has 4 nitrogen and oxygen atoms in total. The number of sulfonamides is 1. The third-order valence-corrected chi connectivity index (χ3v) is 3.04. The van der Waals surface area contributed by atoms with E-state index in [-0.39, 0.29) is 33.5 Å². The largest absolute Gasteiger partial charge is 0.268 e. The molecule has 2 rings (SSSR count). The van der Waals surface area contributed by atoms with E-state index in [1.54, 1.807) is 12.1 Å². The molecule has 1 N–H and O–H groups in total. The summed E-state index contributed by atoms with van der Waals surface area (Å²) in [4.78, 5) is 11.1. The van der Waals surface area contributed by atoms with E-state index in [0.29, 0.717) is 0 Å². The molecule has 0 aliphatic carbocycles. The Balaban J connectivity index is 0.000000845. The molecule has 0 saturated carbocycles. The minimum absolute atomic E-state index is 0. The first-order valence-corrected chi connectivity index (χ1v) is 4.76. The van der Waals surface area contributed by atoms with E-state index in [1.165, 1.54) is 12.1 Å². The topological polar surface area (TPSA) is 63.2 Å². The lowest BCUT2D eigenvalue weighted by Gasteiger charge is -1.91. The maximum absolute atomic E-state index is 11.1. The molecular weight excluding hydrogens is 202 g/mol. The van der Waals surface area contributed by atoms with Crippen LogP contribution in [0, 0.1) is 0 Å². The second-order valence-electron chi connectivity index (χ2n) is 2.43. The lowest BCUT2D eigenvalue weighted by molar-refractivity contribution is 0.0985. The van der Waals surface area contributed by atoms with E-state index in [4.69, 9.17) is 0 Å². The Labute approximate surface area is 91.5 Å². The molecule has 0 spiro atoms. The van der Waals surface area contributed by atoms with Crippen LogP contribution in [0.25, 0.3) is 0 Å². The van der Waals surface area contributed by atoms with Gasteiger partial charge in [0.25, 0.3) is 15.9 Å². The van der Waals surface area contributed by atoms with Crippen molar-refractivity contribution in [3.63, 3.8) is 0 Å². The number of amides is 1. The number of rotatable bonds is 0. The summed E-state index contributed by atoms with van der Waals surface area (Å²) in [6.45, 7) is 0. The quantitative estimate of drug-likeness (QED) is 0.596. The van der Waals surface area contributed by atoms with E-state index >= 15 is 0 Å². The van der Waals surface area contributed by atoms with E-state index in [2.05, 4.69) is 0 Å². The molecule has 0 fully saturated rings. The zero-order chi connectivity index (χ0) is 8.77. The monoisotopic (exact) mass is 207 g/mol. The molecule has 1 aromatic rings. The number of hydrogen-bond acceptors (Lipinski definition) is 3. The molecule has 1 aliphatic rings. The Kier molecular flexibility index (Phi) is 2.65. The highest BCUT2D eigenvalue weighted by Gasteiger charge is 2.31. The highest BCUT2D eigenvalue weighted by molar-refractivity contribution is 7.90. The fourth-order valence-corrected chi connectivity index (χ4v) is 2.29. The van der Waals surface area contributed by atoms with Crippen LogP contribution in [0.1, 0.15) is 10.4 Å². The van der Waals surface area contributed by atoms with Crippen LogP contribution in [0.5, 0.6) is 0 Å². The van der Waals surface area contributed by atoms with Crippen molar-refractivity contribution in [3.05, 3.63) is 29.8 Å². The van der Waals surface area contributed by atoms with E-state index in [0.717, 1.165) is 0 Å². The van der Waals surface area contributed by atoms with Crippen LogP contribution in [0.3, 0.4) is 0 Å². The minimum Gasteiger partial charge on any atom is -0.268 e. The van der Waals surface area contributed by atoms with Gasteiger partial charge in [-0.25, -0.2) is 13.1 Å². The zero-order valence-corrected chi connectivity index (χ0v) is 8.88. The average Bonchev–Trinajstić information content (AvgIpc) is 2.25. The molecule has 1 aliphatic heterocycles. The normalized spacial score (nSPS) is 17.1. The first-order chi connectivity index (χ1) is 5.61. The summed E-state index contributed by atoms with van der Waals surface area (Å²) < 4.78 is 24.2. The van der Waals surface area contributed by atoms with Gasteiger partial charge in [-0.15, -0.1) is 0 Å². The van der Waals surface area contributed by atoms with Crippen LogP contribution in [0.4, 0.5) is 0 Å². The highest BCUT2D eigenvalue weighted by atomic mass is 32.2. The SMILES string of the molecule is O=C1NS(=O)(=O)c2ccccc21.[Mg]. The molecule has 6 heteroatoms.